The molecule has 5 heteroatoms. The molecule has 21 heavy (non-hydrogen) atoms. The molecule has 0 aliphatic rings. The minimum atomic E-state index is 0.165. The van der Waals surface area contributed by atoms with Crippen molar-refractivity contribution in [2.24, 2.45) is 10.7 Å². The first kappa shape index (κ1) is 17.3. The van der Waals surface area contributed by atoms with Crippen LogP contribution in [0.3, 0.4) is 0 Å². The summed E-state index contributed by atoms with van der Waals surface area (Å²) in [5, 5.41) is 3.10. The zero-order valence-electron chi connectivity index (χ0n) is 13.4. The molecule has 0 aromatic heterocycles. The Morgan fingerprint density at radius 1 is 1.24 bits per heavy atom. The summed E-state index contributed by atoms with van der Waals surface area (Å²) in [4.78, 5) is 4.35. The summed E-state index contributed by atoms with van der Waals surface area (Å²) >= 11 is 0. The van der Waals surface area contributed by atoms with E-state index in [1.165, 1.54) is 5.56 Å². The molecule has 0 aliphatic heterocycles. The number of nitrogens with zero attached hydrogens (tertiary/aromatic N) is 1. The minimum absolute atomic E-state index is 0.165. The third kappa shape index (κ3) is 6.49. The van der Waals surface area contributed by atoms with Gasteiger partial charge in [-0.1, -0.05) is 19.1 Å². The Labute approximate surface area is 127 Å². The lowest BCUT2D eigenvalue weighted by atomic mass is 9.98. The molecule has 0 aliphatic carbocycles. The van der Waals surface area contributed by atoms with Crippen LogP contribution < -0.4 is 15.8 Å². The molecular formula is C16H27N3O2. The summed E-state index contributed by atoms with van der Waals surface area (Å²) in [6.07, 6.45) is 0.952. The summed E-state index contributed by atoms with van der Waals surface area (Å²) in [6, 6.07) is 8.32. The molecule has 0 saturated carbocycles. The first-order valence-electron chi connectivity index (χ1n) is 7.26. The standard InChI is InChI=1S/C16H27N3O2/c1-12(14-5-7-15(21-4)8-6-14)9-10-18-16(17)19-13(2)11-20-3/h5-8,12-13H,9-11H2,1-4H3,(H3,17,18,19). The van der Waals surface area contributed by atoms with Gasteiger partial charge in [0.25, 0.3) is 0 Å². The maximum atomic E-state index is 5.83. The van der Waals surface area contributed by atoms with Crippen LogP contribution in [0.15, 0.2) is 29.3 Å². The zero-order valence-corrected chi connectivity index (χ0v) is 13.4. The van der Waals surface area contributed by atoms with Crippen molar-refractivity contribution < 1.29 is 9.47 Å². The highest BCUT2D eigenvalue weighted by atomic mass is 16.5. The molecule has 0 fully saturated rings. The van der Waals surface area contributed by atoms with Gasteiger partial charge >= 0.3 is 0 Å². The van der Waals surface area contributed by atoms with E-state index < -0.39 is 0 Å². The van der Waals surface area contributed by atoms with Crippen molar-refractivity contribution in [1.29, 1.82) is 0 Å². The largest absolute Gasteiger partial charge is 0.497 e. The molecular weight excluding hydrogens is 266 g/mol. The number of hydrogen-bond donors (Lipinski definition) is 2. The summed E-state index contributed by atoms with van der Waals surface area (Å²) < 4.78 is 10.2. The van der Waals surface area contributed by atoms with Crippen molar-refractivity contribution in [3.63, 3.8) is 0 Å². The number of nitrogens with one attached hydrogen (secondary N) is 1. The van der Waals surface area contributed by atoms with Crippen molar-refractivity contribution in [2.75, 3.05) is 27.4 Å². The predicted molar refractivity (Wildman–Crippen MR) is 87.0 cm³/mol. The number of ether oxygens (including phenoxy) is 2. The number of guanidine groups is 1. The van der Waals surface area contributed by atoms with Crippen LogP contribution in [-0.2, 0) is 4.74 Å². The van der Waals surface area contributed by atoms with Gasteiger partial charge < -0.3 is 20.5 Å². The van der Waals surface area contributed by atoms with Gasteiger partial charge in [-0.05, 0) is 37.0 Å². The third-order valence-electron chi connectivity index (χ3n) is 3.34. The molecule has 5 nitrogen and oxygen atoms in total. The molecule has 3 N–H and O–H groups in total. The second kappa shape index (κ2) is 9.23. The Kier molecular flexibility index (Phi) is 7.61. The fraction of sp³-hybridized carbons (Fsp3) is 0.562. The summed E-state index contributed by atoms with van der Waals surface area (Å²) in [6.45, 7) is 5.50. The first-order valence-corrected chi connectivity index (χ1v) is 7.26. The smallest absolute Gasteiger partial charge is 0.188 e. The topological polar surface area (TPSA) is 68.9 Å². The van der Waals surface area contributed by atoms with E-state index in [0.29, 0.717) is 25.0 Å². The van der Waals surface area contributed by atoms with Crippen LogP contribution in [0.4, 0.5) is 0 Å². The molecule has 0 amide bonds. The van der Waals surface area contributed by atoms with Gasteiger partial charge in [0.05, 0.1) is 13.7 Å². The SMILES string of the molecule is COCC(C)NC(N)=NCCC(C)c1ccc(OC)cc1. The third-order valence-corrected chi connectivity index (χ3v) is 3.34. The van der Waals surface area contributed by atoms with Crippen LogP contribution >= 0.6 is 0 Å². The van der Waals surface area contributed by atoms with Gasteiger partial charge in [-0.3, -0.25) is 4.99 Å². The summed E-state index contributed by atoms with van der Waals surface area (Å²) in [7, 11) is 3.34. The molecule has 2 atom stereocenters. The van der Waals surface area contributed by atoms with Gasteiger partial charge in [-0.2, -0.15) is 0 Å². The summed E-state index contributed by atoms with van der Waals surface area (Å²) in [5.74, 6) is 1.79. The molecule has 0 saturated heterocycles. The Bertz CT molecular complexity index is 432. The molecule has 0 heterocycles. The van der Waals surface area contributed by atoms with E-state index in [4.69, 9.17) is 15.2 Å². The highest BCUT2D eigenvalue weighted by Crippen LogP contribution is 2.21. The van der Waals surface area contributed by atoms with Crippen LogP contribution in [-0.4, -0.2) is 39.4 Å². The van der Waals surface area contributed by atoms with E-state index in [0.717, 1.165) is 12.2 Å². The minimum Gasteiger partial charge on any atom is -0.497 e. The van der Waals surface area contributed by atoms with E-state index in [-0.39, 0.29) is 6.04 Å². The maximum Gasteiger partial charge on any atom is 0.188 e. The molecule has 1 rings (SSSR count). The monoisotopic (exact) mass is 293 g/mol. The Balaban J connectivity index is 2.39. The summed E-state index contributed by atoms with van der Waals surface area (Å²) in [5.41, 5.74) is 7.12. The van der Waals surface area contributed by atoms with Crippen molar-refractivity contribution in [1.82, 2.24) is 5.32 Å². The van der Waals surface area contributed by atoms with E-state index in [1.54, 1.807) is 14.2 Å². The molecule has 1 aromatic carbocycles. The Morgan fingerprint density at radius 2 is 1.90 bits per heavy atom. The van der Waals surface area contributed by atoms with Crippen LogP contribution in [0.1, 0.15) is 31.7 Å². The average Bonchev–Trinajstić information content (AvgIpc) is 2.47. The second-order valence-corrected chi connectivity index (χ2v) is 5.23. The molecule has 0 bridgehead atoms. The lowest BCUT2D eigenvalue weighted by Crippen LogP contribution is -2.40. The van der Waals surface area contributed by atoms with E-state index in [2.05, 4.69) is 29.4 Å². The number of aliphatic imine (C=N–C) groups is 1. The van der Waals surface area contributed by atoms with Crippen molar-refractivity contribution in [3.8, 4) is 5.75 Å². The quantitative estimate of drug-likeness (QED) is 0.569. The fourth-order valence-corrected chi connectivity index (χ4v) is 2.07. The van der Waals surface area contributed by atoms with Gasteiger partial charge in [0.2, 0.25) is 0 Å². The maximum absolute atomic E-state index is 5.83. The van der Waals surface area contributed by atoms with E-state index >= 15 is 0 Å². The molecule has 2 unspecified atom stereocenters. The van der Waals surface area contributed by atoms with E-state index in [1.807, 2.05) is 19.1 Å². The predicted octanol–water partition coefficient (Wildman–Crippen LogP) is 2.13. The van der Waals surface area contributed by atoms with Gasteiger partial charge in [-0.25, -0.2) is 0 Å². The molecule has 0 spiro atoms. The van der Waals surface area contributed by atoms with Gasteiger partial charge in [0, 0.05) is 19.7 Å². The van der Waals surface area contributed by atoms with Crippen LogP contribution in [0, 0.1) is 0 Å². The Morgan fingerprint density at radius 3 is 2.48 bits per heavy atom. The molecule has 118 valence electrons. The zero-order chi connectivity index (χ0) is 15.7. The lowest BCUT2D eigenvalue weighted by molar-refractivity contribution is 0.179. The van der Waals surface area contributed by atoms with Crippen molar-refractivity contribution in [3.05, 3.63) is 29.8 Å². The Hall–Kier alpha value is -1.75. The van der Waals surface area contributed by atoms with Crippen molar-refractivity contribution >= 4 is 5.96 Å². The highest BCUT2D eigenvalue weighted by molar-refractivity contribution is 5.78. The van der Waals surface area contributed by atoms with Crippen LogP contribution in [0.2, 0.25) is 0 Å². The molecule has 1 aromatic rings. The van der Waals surface area contributed by atoms with E-state index in [9.17, 15) is 0 Å². The molecule has 0 radical (unpaired) electrons. The van der Waals surface area contributed by atoms with Gasteiger partial charge in [-0.15, -0.1) is 0 Å². The van der Waals surface area contributed by atoms with Crippen LogP contribution in [0.5, 0.6) is 5.75 Å². The van der Waals surface area contributed by atoms with Crippen molar-refractivity contribution in [2.45, 2.75) is 32.2 Å². The normalized spacial score (nSPS) is 14.6. The fourth-order valence-electron chi connectivity index (χ4n) is 2.07. The average molecular weight is 293 g/mol. The van der Waals surface area contributed by atoms with Crippen LogP contribution in [0.25, 0.3) is 0 Å². The number of methoxy groups -OCH3 is 2. The van der Waals surface area contributed by atoms with Gasteiger partial charge in [0.15, 0.2) is 5.96 Å². The second-order valence-electron chi connectivity index (χ2n) is 5.23. The lowest BCUT2D eigenvalue weighted by Gasteiger charge is -2.14. The number of benzene rings is 1. The first-order chi connectivity index (χ1) is 10.1. The number of hydrogen-bond acceptors (Lipinski definition) is 3. The highest BCUT2D eigenvalue weighted by Gasteiger charge is 2.06. The number of nitrogens with two attached hydrogens (primary N) is 1. The number of rotatable bonds is 8. The van der Waals surface area contributed by atoms with Gasteiger partial charge in [0.1, 0.15) is 5.75 Å².